The van der Waals surface area contributed by atoms with Gasteiger partial charge in [-0.25, -0.2) is 0 Å². The van der Waals surface area contributed by atoms with E-state index in [0.717, 1.165) is 11.3 Å². The number of ether oxygens (including phenoxy) is 1. The Bertz CT molecular complexity index is 724. The molecule has 0 fully saturated rings. The molecule has 0 radical (unpaired) electrons. The molecule has 0 saturated heterocycles. The highest BCUT2D eigenvalue weighted by Gasteiger charge is 2.10. The first-order valence-corrected chi connectivity index (χ1v) is 8.24. The Kier molecular flexibility index (Phi) is 6.10. The number of hydrogen-bond donors (Lipinski definition) is 2. The lowest BCUT2D eigenvalue weighted by atomic mass is 10.1. The van der Waals surface area contributed by atoms with Gasteiger partial charge in [0.2, 0.25) is 5.91 Å². The van der Waals surface area contributed by atoms with Crippen LogP contribution < -0.4 is 15.4 Å². The molecule has 0 aliphatic carbocycles. The van der Waals surface area contributed by atoms with Crippen LogP contribution in [0.15, 0.2) is 30.3 Å². The number of rotatable bonds is 6. The Morgan fingerprint density at radius 2 is 1.79 bits per heavy atom. The topological polar surface area (TPSA) is 50.4 Å². The third kappa shape index (κ3) is 4.42. The van der Waals surface area contributed by atoms with Crippen LogP contribution in [0.25, 0.3) is 0 Å². The number of hydrogen-bond acceptors (Lipinski definition) is 3. The molecule has 1 amide bonds. The second-order valence-corrected chi connectivity index (χ2v) is 6.20. The number of anilines is 2. The van der Waals surface area contributed by atoms with Crippen molar-refractivity contribution in [2.24, 2.45) is 0 Å². The summed E-state index contributed by atoms with van der Waals surface area (Å²) in [6.45, 7) is 6.56. The van der Waals surface area contributed by atoms with E-state index in [2.05, 4.69) is 36.6 Å². The minimum absolute atomic E-state index is 0.0752. The summed E-state index contributed by atoms with van der Waals surface area (Å²) in [6.07, 6.45) is 0.360. The van der Waals surface area contributed by atoms with Gasteiger partial charge in [0.15, 0.2) is 0 Å². The number of carbonyl (C=O) groups is 1. The Morgan fingerprint density at radius 3 is 2.42 bits per heavy atom. The fourth-order valence-corrected chi connectivity index (χ4v) is 2.69. The third-order valence-electron chi connectivity index (χ3n) is 3.89. The molecule has 0 heterocycles. The van der Waals surface area contributed by atoms with Crippen LogP contribution in [-0.4, -0.2) is 19.6 Å². The Hall–Kier alpha value is -2.20. The molecular formula is C19H23ClN2O2. The minimum Gasteiger partial charge on any atom is -0.495 e. The predicted molar refractivity (Wildman–Crippen MR) is 100 cm³/mol. The van der Waals surface area contributed by atoms with Crippen LogP contribution in [0, 0.1) is 20.8 Å². The number of para-hydroxylation sites is 1. The van der Waals surface area contributed by atoms with Gasteiger partial charge in [-0.1, -0.05) is 29.8 Å². The van der Waals surface area contributed by atoms with Gasteiger partial charge in [0.25, 0.3) is 0 Å². The first kappa shape index (κ1) is 18.1. The van der Waals surface area contributed by atoms with Crippen LogP contribution in [0.3, 0.4) is 0 Å². The smallest absolute Gasteiger partial charge is 0.226 e. The molecule has 5 heteroatoms. The fourth-order valence-electron chi connectivity index (χ4n) is 2.54. The number of carbonyl (C=O) groups excluding carboxylic acids is 1. The average Bonchev–Trinajstić information content (AvgIpc) is 2.53. The molecule has 0 spiro atoms. The van der Waals surface area contributed by atoms with Gasteiger partial charge < -0.3 is 15.4 Å². The lowest BCUT2D eigenvalue weighted by Gasteiger charge is -2.14. The quantitative estimate of drug-likeness (QED) is 0.796. The number of nitrogens with one attached hydrogen (secondary N) is 2. The SMILES string of the molecule is COc1cc(Cl)c(C)cc1NC(=O)CCNc1c(C)cccc1C. The molecule has 4 nitrogen and oxygen atoms in total. The van der Waals surface area contributed by atoms with E-state index in [-0.39, 0.29) is 5.91 Å². The lowest BCUT2D eigenvalue weighted by molar-refractivity contribution is -0.116. The molecule has 2 rings (SSSR count). The van der Waals surface area contributed by atoms with Gasteiger partial charge in [0, 0.05) is 29.7 Å². The molecule has 0 bridgehead atoms. The van der Waals surface area contributed by atoms with E-state index in [1.165, 1.54) is 11.1 Å². The average molecular weight is 347 g/mol. The second-order valence-electron chi connectivity index (χ2n) is 5.79. The fraction of sp³-hybridized carbons (Fsp3) is 0.316. The number of halogens is 1. The third-order valence-corrected chi connectivity index (χ3v) is 4.30. The number of aryl methyl sites for hydroxylation is 3. The molecule has 2 aromatic carbocycles. The molecule has 0 aliphatic heterocycles. The van der Waals surface area contributed by atoms with Crippen molar-refractivity contribution >= 4 is 28.9 Å². The molecule has 128 valence electrons. The molecule has 0 atom stereocenters. The number of benzene rings is 2. The van der Waals surface area contributed by atoms with E-state index >= 15 is 0 Å². The molecule has 24 heavy (non-hydrogen) atoms. The molecule has 2 N–H and O–H groups in total. The van der Waals surface area contributed by atoms with Crippen molar-refractivity contribution in [3.05, 3.63) is 52.0 Å². The molecule has 2 aromatic rings. The van der Waals surface area contributed by atoms with Crippen molar-refractivity contribution in [2.45, 2.75) is 27.2 Å². The van der Waals surface area contributed by atoms with Crippen molar-refractivity contribution in [3.8, 4) is 5.75 Å². The predicted octanol–water partition coefficient (Wildman–Crippen LogP) is 4.71. The lowest BCUT2D eigenvalue weighted by Crippen LogP contribution is -2.17. The maximum Gasteiger partial charge on any atom is 0.226 e. The zero-order valence-electron chi connectivity index (χ0n) is 14.5. The Morgan fingerprint density at radius 1 is 1.12 bits per heavy atom. The van der Waals surface area contributed by atoms with Gasteiger partial charge in [0.1, 0.15) is 5.75 Å². The minimum atomic E-state index is -0.0752. The maximum atomic E-state index is 12.2. The number of methoxy groups -OCH3 is 1. The second kappa shape index (κ2) is 8.06. The Balaban J connectivity index is 1.96. The molecule has 0 aromatic heterocycles. The summed E-state index contributed by atoms with van der Waals surface area (Å²) in [4.78, 5) is 12.2. The van der Waals surface area contributed by atoms with E-state index in [1.807, 2.05) is 19.1 Å². The van der Waals surface area contributed by atoms with E-state index in [4.69, 9.17) is 16.3 Å². The normalized spacial score (nSPS) is 10.4. The van der Waals surface area contributed by atoms with Crippen LogP contribution in [-0.2, 0) is 4.79 Å². The van der Waals surface area contributed by atoms with E-state index in [9.17, 15) is 4.79 Å². The van der Waals surface area contributed by atoms with Gasteiger partial charge in [0.05, 0.1) is 12.8 Å². The Labute approximate surface area is 148 Å². The van der Waals surface area contributed by atoms with Gasteiger partial charge in [-0.15, -0.1) is 0 Å². The molecule has 0 saturated carbocycles. The van der Waals surface area contributed by atoms with Crippen molar-refractivity contribution in [1.29, 1.82) is 0 Å². The van der Waals surface area contributed by atoms with Crippen molar-refractivity contribution in [2.75, 3.05) is 24.3 Å². The van der Waals surface area contributed by atoms with Crippen LogP contribution >= 0.6 is 11.6 Å². The summed E-state index contributed by atoms with van der Waals surface area (Å²) in [5.41, 5.74) is 4.96. The number of amides is 1. The molecule has 0 unspecified atom stereocenters. The van der Waals surface area contributed by atoms with Gasteiger partial charge in [-0.3, -0.25) is 4.79 Å². The maximum absolute atomic E-state index is 12.2. The van der Waals surface area contributed by atoms with E-state index in [1.54, 1.807) is 13.2 Å². The first-order chi connectivity index (χ1) is 11.4. The highest BCUT2D eigenvalue weighted by Crippen LogP contribution is 2.31. The molecular weight excluding hydrogens is 324 g/mol. The van der Waals surface area contributed by atoms with Crippen LogP contribution in [0.4, 0.5) is 11.4 Å². The summed E-state index contributed by atoms with van der Waals surface area (Å²) >= 11 is 6.08. The summed E-state index contributed by atoms with van der Waals surface area (Å²) < 4.78 is 5.27. The summed E-state index contributed by atoms with van der Waals surface area (Å²) in [6, 6.07) is 9.66. The zero-order valence-corrected chi connectivity index (χ0v) is 15.3. The highest BCUT2D eigenvalue weighted by atomic mass is 35.5. The van der Waals surface area contributed by atoms with E-state index in [0.29, 0.717) is 29.4 Å². The van der Waals surface area contributed by atoms with Gasteiger partial charge >= 0.3 is 0 Å². The highest BCUT2D eigenvalue weighted by molar-refractivity contribution is 6.31. The van der Waals surface area contributed by atoms with E-state index < -0.39 is 0 Å². The molecule has 0 aliphatic rings. The van der Waals surface area contributed by atoms with Crippen LogP contribution in [0.1, 0.15) is 23.1 Å². The summed E-state index contributed by atoms with van der Waals surface area (Å²) in [7, 11) is 1.55. The van der Waals surface area contributed by atoms with Crippen molar-refractivity contribution in [1.82, 2.24) is 0 Å². The van der Waals surface area contributed by atoms with Crippen LogP contribution in [0.5, 0.6) is 5.75 Å². The largest absolute Gasteiger partial charge is 0.495 e. The van der Waals surface area contributed by atoms with Gasteiger partial charge in [-0.2, -0.15) is 0 Å². The van der Waals surface area contributed by atoms with Crippen LogP contribution in [0.2, 0.25) is 5.02 Å². The first-order valence-electron chi connectivity index (χ1n) is 7.86. The standard InChI is InChI=1S/C19H23ClN2O2/c1-12-6-5-7-13(2)19(12)21-9-8-18(23)22-16-10-14(3)15(20)11-17(16)24-4/h5-7,10-11,21H,8-9H2,1-4H3,(H,22,23). The van der Waals surface area contributed by atoms with Crippen molar-refractivity contribution in [3.63, 3.8) is 0 Å². The van der Waals surface area contributed by atoms with Gasteiger partial charge in [-0.05, 0) is 43.5 Å². The zero-order chi connectivity index (χ0) is 17.7. The summed E-state index contributed by atoms with van der Waals surface area (Å²) in [5.74, 6) is 0.482. The monoisotopic (exact) mass is 346 g/mol. The summed E-state index contributed by atoms with van der Waals surface area (Å²) in [5, 5.41) is 6.83. The van der Waals surface area contributed by atoms with Crippen molar-refractivity contribution < 1.29 is 9.53 Å².